The summed E-state index contributed by atoms with van der Waals surface area (Å²) in [6, 6.07) is 10.4. The summed E-state index contributed by atoms with van der Waals surface area (Å²) < 4.78 is 0. The van der Waals surface area contributed by atoms with E-state index in [0.717, 1.165) is 23.3 Å². The van der Waals surface area contributed by atoms with E-state index in [-0.39, 0.29) is 0 Å². The minimum Gasteiger partial charge on any atom is -0.192 e. The molecule has 3 rings (SSSR count). The molecule has 0 atom stereocenters. The number of hydrogen-bond donors (Lipinski definition) is 0. The van der Waals surface area contributed by atoms with Crippen molar-refractivity contribution in [3.63, 3.8) is 0 Å². The van der Waals surface area contributed by atoms with Crippen LogP contribution in [0.15, 0.2) is 24.3 Å². The maximum absolute atomic E-state index is 8.84. The van der Waals surface area contributed by atoms with E-state index >= 15 is 0 Å². The van der Waals surface area contributed by atoms with E-state index in [9.17, 15) is 0 Å². The number of aryl methyl sites for hydroxylation is 1. The smallest absolute Gasteiger partial charge is 0.0991 e. The monoisotopic (exact) mass is 294 g/mol. The summed E-state index contributed by atoms with van der Waals surface area (Å²) >= 11 is 0. The normalized spacial score (nSPS) is 26.5. The Labute approximate surface area is 135 Å². The van der Waals surface area contributed by atoms with Crippen LogP contribution >= 0.6 is 0 Å². The summed E-state index contributed by atoms with van der Waals surface area (Å²) in [7, 11) is 0. The fraction of sp³-hybridized carbons (Fsp3) is 0.619. The molecule has 2 fully saturated rings. The van der Waals surface area contributed by atoms with Crippen LogP contribution in [-0.4, -0.2) is 0 Å². The lowest BCUT2D eigenvalue weighted by atomic mass is 9.70. The van der Waals surface area contributed by atoms with Crippen molar-refractivity contribution < 1.29 is 0 Å². The zero-order valence-corrected chi connectivity index (χ0v) is 13.6. The SMILES string of the molecule is N#Cc1ccc(CCC2CCC(C3CC[CH]CC3)CC2)cc1. The third-order valence-electron chi connectivity index (χ3n) is 5.97. The second kappa shape index (κ2) is 7.82. The zero-order chi connectivity index (χ0) is 15.2. The van der Waals surface area contributed by atoms with Gasteiger partial charge in [-0.1, -0.05) is 25.0 Å². The van der Waals surface area contributed by atoms with Gasteiger partial charge in [-0.3, -0.25) is 0 Å². The van der Waals surface area contributed by atoms with Gasteiger partial charge in [0.25, 0.3) is 0 Å². The van der Waals surface area contributed by atoms with Crippen molar-refractivity contribution in [2.45, 2.75) is 64.2 Å². The van der Waals surface area contributed by atoms with Gasteiger partial charge in [0.05, 0.1) is 11.6 Å². The number of rotatable bonds is 4. The van der Waals surface area contributed by atoms with Crippen LogP contribution in [0.2, 0.25) is 0 Å². The first-order valence-corrected chi connectivity index (χ1v) is 9.16. The average molecular weight is 294 g/mol. The largest absolute Gasteiger partial charge is 0.192 e. The lowest BCUT2D eigenvalue weighted by Crippen LogP contribution is -2.23. The molecule has 0 spiro atoms. The predicted molar refractivity (Wildman–Crippen MR) is 91.2 cm³/mol. The summed E-state index contributed by atoms with van der Waals surface area (Å²) in [5.41, 5.74) is 2.16. The van der Waals surface area contributed by atoms with Gasteiger partial charge in [0, 0.05) is 0 Å². The van der Waals surface area contributed by atoms with E-state index in [1.54, 1.807) is 0 Å². The van der Waals surface area contributed by atoms with E-state index in [4.69, 9.17) is 5.26 Å². The molecule has 117 valence electrons. The molecule has 2 aliphatic carbocycles. The predicted octanol–water partition coefficient (Wildman–Crippen LogP) is 5.69. The minimum absolute atomic E-state index is 0.772. The van der Waals surface area contributed by atoms with E-state index in [1.807, 2.05) is 12.1 Å². The molecule has 2 saturated carbocycles. The Morgan fingerprint density at radius 2 is 1.50 bits per heavy atom. The van der Waals surface area contributed by atoms with Gasteiger partial charge >= 0.3 is 0 Å². The molecule has 0 N–H and O–H groups in total. The van der Waals surface area contributed by atoms with E-state index < -0.39 is 0 Å². The number of hydrogen-bond acceptors (Lipinski definition) is 1. The quantitative estimate of drug-likeness (QED) is 0.699. The van der Waals surface area contributed by atoms with Crippen molar-refractivity contribution in [2.24, 2.45) is 17.8 Å². The fourth-order valence-electron chi connectivity index (χ4n) is 4.49. The lowest BCUT2D eigenvalue weighted by molar-refractivity contribution is 0.173. The van der Waals surface area contributed by atoms with Gasteiger partial charge in [-0.25, -0.2) is 0 Å². The van der Waals surface area contributed by atoms with Gasteiger partial charge < -0.3 is 0 Å². The summed E-state index contributed by atoms with van der Waals surface area (Å²) in [6.45, 7) is 0. The van der Waals surface area contributed by atoms with Gasteiger partial charge in [-0.2, -0.15) is 5.26 Å². The molecular weight excluding hydrogens is 266 g/mol. The zero-order valence-electron chi connectivity index (χ0n) is 13.6. The molecule has 2 aliphatic rings. The van der Waals surface area contributed by atoms with Gasteiger partial charge in [0.2, 0.25) is 0 Å². The van der Waals surface area contributed by atoms with Crippen LogP contribution in [0.4, 0.5) is 0 Å². The van der Waals surface area contributed by atoms with Crippen molar-refractivity contribution >= 4 is 0 Å². The summed E-state index contributed by atoms with van der Waals surface area (Å²) in [6.07, 6.45) is 16.5. The molecule has 0 unspecified atom stereocenters. The van der Waals surface area contributed by atoms with Crippen molar-refractivity contribution in [3.05, 3.63) is 41.8 Å². The second-order valence-corrected chi connectivity index (χ2v) is 7.33. The van der Waals surface area contributed by atoms with Crippen LogP contribution in [0.1, 0.15) is 68.9 Å². The third kappa shape index (κ3) is 4.13. The minimum atomic E-state index is 0.772. The highest BCUT2D eigenvalue weighted by Crippen LogP contribution is 2.40. The van der Waals surface area contributed by atoms with Gasteiger partial charge in [0.15, 0.2) is 0 Å². The standard InChI is InChI=1S/C21H28N/c22-16-19-10-8-17(9-11-19)6-7-18-12-14-21(15-13-18)20-4-2-1-3-5-20/h1,8-11,18,20-21H,2-7,12-15H2. The number of nitriles is 1. The first-order valence-electron chi connectivity index (χ1n) is 9.16. The highest BCUT2D eigenvalue weighted by atomic mass is 14.3. The van der Waals surface area contributed by atoms with Gasteiger partial charge in [-0.05, 0) is 93.2 Å². The van der Waals surface area contributed by atoms with E-state index in [2.05, 4.69) is 24.6 Å². The van der Waals surface area contributed by atoms with Crippen LogP contribution in [0.3, 0.4) is 0 Å². The Kier molecular flexibility index (Phi) is 5.54. The average Bonchev–Trinajstić information content (AvgIpc) is 2.61. The molecule has 0 bridgehead atoms. The molecular formula is C21H28N. The Morgan fingerprint density at radius 3 is 2.14 bits per heavy atom. The molecule has 1 heteroatoms. The third-order valence-corrected chi connectivity index (χ3v) is 5.97. The maximum Gasteiger partial charge on any atom is 0.0991 e. The summed E-state index contributed by atoms with van der Waals surface area (Å²) in [4.78, 5) is 0. The van der Waals surface area contributed by atoms with Crippen molar-refractivity contribution in [2.75, 3.05) is 0 Å². The Balaban J connectivity index is 1.40. The number of benzene rings is 1. The second-order valence-electron chi connectivity index (χ2n) is 7.33. The van der Waals surface area contributed by atoms with Crippen molar-refractivity contribution in [3.8, 4) is 6.07 Å². The topological polar surface area (TPSA) is 23.8 Å². The van der Waals surface area contributed by atoms with E-state index in [0.29, 0.717) is 0 Å². The van der Waals surface area contributed by atoms with Gasteiger partial charge in [-0.15, -0.1) is 0 Å². The molecule has 1 nitrogen and oxygen atoms in total. The highest BCUT2D eigenvalue weighted by molar-refractivity contribution is 5.31. The van der Waals surface area contributed by atoms with Crippen LogP contribution in [-0.2, 0) is 6.42 Å². The number of nitrogens with zero attached hydrogens (tertiary/aromatic N) is 1. The Bertz CT molecular complexity index is 482. The van der Waals surface area contributed by atoms with Crippen LogP contribution < -0.4 is 0 Å². The molecule has 0 heterocycles. The van der Waals surface area contributed by atoms with Crippen LogP contribution in [0.25, 0.3) is 0 Å². The molecule has 22 heavy (non-hydrogen) atoms. The molecule has 1 radical (unpaired) electrons. The molecule has 0 aliphatic heterocycles. The summed E-state index contributed by atoms with van der Waals surface area (Å²) in [5, 5.41) is 8.84. The van der Waals surface area contributed by atoms with Gasteiger partial charge in [0.1, 0.15) is 0 Å². The van der Waals surface area contributed by atoms with E-state index in [1.165, 1.54) is 69.8 Å². The van der Waals surface area contributed by atoms with Crippen molar-refractivity contribution in [1.82, 2.24) is 0 Å². The molecule has 1 aromatic rings. The fourth-order valence-corrected chi connectivity index (χ4v) is 4.49. The molecule has 0 amide bonds. The maximum atomic E-state index is 8.84. The summed E-state index contributed by atoms with van der Waals surface area (Å²) in [5.74, 6) is 2.99. The Hall–Kier alpha value is -1.29. The first kappa shape index (κ1) is 15.6. The van der Waals surface area contributed by atoms with Crippen LogP contribution in [0, 0.1) is 35.5 Å². The molecule has 0 aromatic heterocycles. The lowest BCUT2D eigenvalue weighted by Gasteiger charge is -2.35. The highest BCUT2D eigenvalue weighted by Gasteiger charge is 2.28. The van der Waals surface area contributed by atoms with Crippen molar-refractivity contribution in [1.29, 1.82) is 5.26 Å². The molecule has 1 aromatic carbocycles. The van der Waals surface area contributed by atoms with Crippen LogP contribution in [0.5, 0.6) is 0 Å². The Morgan fingerprint density at radius 1 is 0.864 bits per heavy atom. The first-order chi connectivity index (χ1) is 10.8. The molecule has 0 saturated heterocycles.